The molecule has 2 fully saturated rings. The molecule has 0 aliphatic heterocycles. The number of anilines is 1. The summed E-state index contributed by atoms with van der Waals surface area (Å²) in [5.74, 6) is 1.03. The Morgan fingerprint density at radius 2 is 1.76 bits per heavy atom. The van der Waals surface area contributed by atoms with E-state index in [4.69, 9.17) is 0 Å². The van der Waals surface area contributed by atoms with Crippen molar-refractivity contribution in [2.45, 2.75) is 50.5 Å². The average molecular weight is 413 g/mol. The first kappa shape index (κ1) is 20.0. The summed E-state index contributed by atoms with van der Waals surface area (Å²) in [6, 6.07) is 14.2. The molecule has 0 saturated heterocycles. The van der Waals surface area contributed by atoms with E-state index in [2.05, 4.69) is 5.32 Å². The second kappa shape index (κ2) is 7.82. The van der Waals surface area contributed by atoms with Gasteiger partial charge in [0.2, 0.25) is 5.91 Å². The summed E-state index contributed by atoms with van der Waals surface area (Å²) in [7, 11) is -3.86. The third-order valence-corrected chi connectivity index (χ3v) is 8.14. The molecule has 2 aliphatic rings. The molecule has 3 atom stereocenters. The van der Waals surface area contributed by atoms with Gasteiger partial charge in [0.25, 0.3) is 10.0 Å². The molecule has 6 heteroatoms. The molecule has 0 heterocycles. The predicted octanol–water partition coefficient (Wildman–Crippen LogP) is 3.80. The van der Waals surface area contributed by atoms with Gasteiger partial charge in [0.15, 0.2) is 0 Å². The minimum atomic E-state index is -3.86. The molecule has 5 nitrogen and oxygen atoms in total. The average Bonchev–Trinajstić information content (AvgIpc) is 3.30. The summed E-state index contributed by atoms with van der Waals surface area (Å²) >= 11 is 0. The molecule has 0 spiro atoms. The van der Waals surface area contributed by atoms with Crippen molar-refractivity contribution in [3.8, 4) is 0 Å². The molecule has 0 radical (unpaired) electrons. The lowest BCUT2D eigenvalue weighted by atomic mass is 9.95. The largest absolute Gasteiger partial charge is 0.352 e. The number of amides is 1. The quantitative estimate of drug-likeness (QED) is 0.785. The minimum absolute atomic E-state index is 0.182. The number of nitrogens with zero attached hydrogens (tertiary/aromatic N) is 1. The van der Waals surface area contributed by atoms with Crippen molar-refractivity contribution in [2.75, 3.05) is 10.8 Å². The van der Waals surface area contributed by atoms with E-state index in [1.165, 1.54) is 23.6 Å². The van der Waals surface area contributed by atoms with Crippen LogP contribution in [0, 0.1) is 25.7 Å². The number of hydrogen-bond donors (Lipinski definition) is 1. The van der Waals surface area contributed by atoms with E-state index in [9.17, 15) is 13.2 Å². The van der Waals surface area contributed by atoms with Crippen molar-refractivity contribution in [2.24, 2.45) is 11.8 Å². The molecular weight excluding hydrogens is 384 g/mol. The molecular formula is C23H28N2O3S. The first-order valence-corrected chi connectivity index (χ1v) is 11.7. The van der Waals surface area contributed by atoms with E-state index in [1.807, 2.05) is 26.0 Å². The standard InChI is InChI=1S/C23H28N2O3S/c1-16-7-11-20(12-8-16)29(27,28)25(22-6-4-3-5-17(22)2)15-23(26)24-21-14-18-9-10-19(21)13-18/h3-8,11-12,18-19,21H,9-10,13-15H2,1-2H3,(H,24,26)/t18-,19-,21+/m1/s1. The summed E-state index contributed by atoms with van der Waals surface area (Å²) in [5.41, 5.74) is 2.34. The highest BCUT2D eigenvalue weighted by Crippen LogP contribution is 2.44. The van der Waals surface area contributed by atoms with Gasteiger partial charge in [-0.1, -0.05) is 42.3 Å². The number of hydrogen-bond acceptors (Lipinski definition) is 3. The van der Waals surface area contributed by atoms with Crippen LogP contribution < -0.4 is 9.62 Å². The molecule has 154 valence electrons. The van der Waals surface area contributed by atoms with Crippen LogP contribution >= 0.6 is 0 Å². The van der Waals surface area contributed by atoms with Gasteiger partial charge in [0.1, 0.15) is 6.54 Å². The monoisotopic (exact) mass is 412 g/mol. The number of nitrogens with one attached hydrogen (secondary N) is 1. The van der Waals surface area contributed by atoms with Crippen LogP contribution in [0.5, 0.6) is 0 Å². The molecule has 0 unspecified atom stereocenters. The maximum Gasteiger partial charge on any atom is 0.264 e. The number of aryl methyl sites for hydroxylation is 2. The zero-order valence-corrected chi connectivity index (χ0v) is 17.8. The SMILES string of the molecule is Cc1ccc(S(=O)(=O)N(CC(=O)N[C@H]2C[C@@H]3CC[C@@H]2C3)c2ccccc2C)cc1. The fraction of sp³-hybridized carbons (Fsp3) is 0.435. The Labute approximate surface area is 173 Å². The lowest BCUT2D eigenvalue weighted by Crippen LogP contribution is -2.46. The van der Waals surface area contributed by atoms with Crippen molar-refractivity contribution in [3.05, 3.63) is 59.7 Å². The highest BCUT2D eigenvalue weighted by atomic mass is 32.2. The summed E-state index contributed by atoms with van der Waals surface area (Å²) < 4.78 is 28.1. The van der Waals surface area contributed by atoms with Gasteiger partial charge in [-0.2, -0.15) is 0 Å². The van der Waals surface area contributed by atoms with Crippen LogP contribution in [0.1, 0.15) is 36.8 Å². The third kappa shape index (κ3) is 4.04. The summed E-state index contributed by atoms with van der Waals surface area (Å²) in [6.45, 7) is 3.56. The number of sulfonamides is 1. The predicted molar refractivity (Wildman–Crippen MR) is 114 cm³/mol. The van der Waals surface area contributed by atoms with Gasteiger partial charge in [-0.15, -0.1) is 0 Å². The molecule has 2 aliphatic carbocycles. The summed E-state index contributed by atoms with van der Waals surface area (Å²) in [6.07, 6.45) is 4.63. The van der Waals surface area contributed by atoms with Crippen LogP contribution in [0.4, 0.5) is 5.69 Å². The molecule has 2 saturated carbocycles. The fourth-order valence-electron chi connectivity index (χ4n) is 4.78. The van der Waals surface area contributed by atoms with Crippen LogP contribution in [0.25, 0.3) is 0 Å². The van der Waals surface area contributed by atoms with E-state index in [0.29, 0.717) is 17.5 Å². The zero-order valence-electron chi connectivity index (χ0n) is 17.0. The van der Waals surface area contributed by atoms with Gasteiger partial charge in [-0.3, -0.25) is 9.10 Å². The zero-order chi connectivity index (χ0) is 20.6. The molecule has 2 aromatic rings. The van der Waals surface area contributed by atoms with Crippen molar-refractivity contribution in [1.29, 1.82) is 0 Å². The minimum Gasteiger partial charge on any atom is -0.352 e. The van der Waals surface area contributed by atoms with Crippen molar-refractivity contribution in [1.82, 2.24) is 5.32 Å². The van der Waals surface area contributed by atoms with Crippen LogP contribution in [0.2, 0.25) is 0 Å². The van der Waals surface area contributed by atoms with Gasteiger partial charge >= 0.3 is 0 Å². The van der Waals surface area contributed by atoms with Crippen molar-refractivity contribution in [3.63, 3.8) is 0 Å². The smallest absolute Gasteiger partial charge is 0.264 e. The van der Waals surface area contributed by atoms with Gasteiger partial charge in [0, 0.05) is 6.04 Å². The number of fused-ring (bicyclic) bond motifs is 2. The Hall–Kier alpha value is -2.34. The van der Waals surface area contributed by atoms with E-state index in [1.54, 1.807) is 36.4 Å². The van der Waals surface area contributed by atoms with E-state index >= 15 is 0 Å². The second-order valence-corrected chi connectivity index (χ2v) is 10.3. The van der Waals surface area contributed by atoms with Gasteiger partial charge in [0.05, 0.1) is 10.6 Å². The summed E-state index contributed by atoms with van der Waals surface area (Å²) in [5, 5.41) is 3.12. The first-order valence-electron chi connectivity index (χ1n) is 10.3. The Balaban J connectivity index is 1.61. The lowest BCUT2D eigenvalue weighted by Gasteiger charge is -2.28. The maximum absolute atomic E-state index is 13.4. The Morgan fingerprint density at radius 1 is 1.03 bits per heavy atom. The normalized spacial score (nSPS) is 23.2. The molecule has 29 heavy (non-hydrogen) atoms. The number of rotatable bonds is 6. The topological polar surface area (TPSA) is 66.5 Å². The van der Waals surface area contributed by atoms with E-state index in [0.717, 1.165) is 17.5 Å². The number of carbonyl (C=O) groups is 1. The molecule has 2 bridgehead atoms. The second-order valence-electron chi connectivity index (χ2n) is 8.46. The van der Waals surface area contributed by atoms with Crippen LogP contribution in [-0.2, 0) is 14.8 Å². The molecule has 2 aromatic carbocycles. The summed E-state index contributed by atoms with van der Waals surface area (Å²) in [4.78, 5) is 13.1. The van der Waals surface area contributed by atoms with Crippen LogP contribution in [-0.4, -0.2) is 26.9 Å². The van der Waals surface area contributed by atoms with Gasteiger partial charge in [-0.25, -0.2) is 8.42 Å². The highest BCUT2D eigenvalue weighted by molar-refractivity contribution is 7.92. The molecule has 0 aromatic heterocycles. The van der Waals surface area contributed by atoms with Crippen molar-refractivity contribution < 1.29 is 13.2 Å². The van der Waals surface area contributed by atoms with E-state index in [-0.39, 0.29) is 23.4 Å². The Bertz CT molecular complexity index is 1000. The van der Waals surface area contributed by atoms with Crippen molar-refractivity contribution >= 4 is 21.6 Å². The fourth-order valence-corrected chi connectivity index (χ4v) is 6.27. The number of para-hydroxylation sites is 1. The lowest BCUT2D eigenvalue weighted by molar-refractivity contribution is -0.120. The Morgan fingerprint density at radius 3 is 2.38 bits per heavy atom. The molecule has 4 rings (SSSR count). The molecule has 1 N–H and O–H groups in total. The highest BCUT2D eigenvalue weighted by Gasteiger charge is 2.40. The first-order chi connectivity index (χ1) is 13.8. The Kier molecular flexibility index (Phi) is 5.38. The third-order valence-electron chi connectivity index (χ3n) is 6.36. The maximum atomic E-state index is 13.4. The number of carbonyl (C=O) groups excluding carboxylic acids is 1. The molecule has 1 amide bonds. The van der Waals surface area contributed by atoms with Gasteiger partial charge < -0.3 is 5.32 Å². The van der Waals surface area contributed by atoms with Crippen LogP contribution in [0.15, 0.2) is 53.4 Å². The van der Waals surface area contributed by atoms with Gasteiger partial charge in [-0.05, 0) is 68.7 Å². The van der Waals surface area contributed by atoms with Crippen LogP contribution in [0.3, 0.4) is 0 Å². The van der Waals surface area contributed by atoms with E-state index < -0.39 is 10.0 Å². The number of benzene rings is 2.